The summed E-state index contributed by atoms with van der Waals surface area (Å²) in [4.78, 5) is 7.57. The third-order valence-electron chi connectivity index (χ3n) is 2.65. The zero-order chi connectivity index (χ0) is 12.5. The van der Waals surface area contributed by atoms with Crippen molar-refractivity contribution in [2.75, 3.05) is 12.3 Å². The van der Waals surface area contributed by atoms with Crippen LogP contribution in [-0.4, -0.2) is 35.3 Å². The Hall–Kier alpha value is -1.21. The number of nitrogens with zero attached hydrogens (tertiary/aromatic N) is 3. The molecule has 0 amide bonds. The second-order valence-electron chi connectivity index (χ2n) is 4.12. The molecule has 1 aromatic rings. The van der Waals surface area contributed by atoms with Crippen molar-refractivity contribution in [2.45, 2.75) is 37.1 Å². The Bertz CT molecular complexity index is 482. The minimum atomic E-state index is -3.46. The summed E-state index contributed by atoms with van der Waals surface area (Å²) < 4.78 is 26.2. The van der Waals surface area contributed by atoms with E-state index in [-0.39, 0.29) is 16.9 Å². The van der Waals surface area contributed by atoms with Crippen LogP contribution in [0.25, 0.3) is 0 Å². The van der Waals surface area contributed by atoms with E-state index >= 15 is 0 Å². The fraction of sp³-hybridized carbons (Fsp3) is 0.600. The first-order chi connectivity index (χ1) is 8.05. The topological polar surface area (TPSA) is 89.2 Å². The van der Waals surface area contributed by atoms with Crippen molar-refractivity contribution in [2.24, 2.45) is 0 Å². The van der Waals surface area contributed by atoms with Crippen LogP contribution in [0.1, 0.15) is 26.2 Å². The molecule has 1 saturated carbocycles. The molecule has 1 heterocycles. The molecule has 94 valence electrons. The summed E-state index contributed by atoms with van der Waals surface area (Å²) in [5.74, 6) is 0.0809. The fourth-order valence-corrected chi connectivity index (χ4v) is 3.35. The van der Waals surface area contributed by atoms with Crippen molar-refractivity contribution in [1.29, 1.82) is 0 Å². The number of hydrogen-bond donors (Lipinski definition) is 1. The van der Waals surface area contributed by atoms with Crippen LogP contribution in [-0.2, 0) is 10.0 Å². The third kappa shape index (κ3) is 2.55. The Morgan fingerprint density at radius 1 is 1.41 bits per heavy atom. The monoisotopic (exact) mass is 256 g/mol. The van der Waals surface area contributed by atoms with Crippen LogP contribution in [0, 0.1) is 0 Å². The predicted molar refractivity (Wildman–Crippen MR) is 63.6 cm³/mol. The fourth-order valence-electron chi connectivity index (χ4n) is 1.68. The van der Waals surface area contributed by atoms with E-state index in [0.29, 0.717) is 6.54 Å². The molecular weight excluding hydrogens is 240 g/mol. The lowest BCUT2D eigenvalue weighted by Gasteiger charge is -2.20. The maximum atomic E-state index is 12.3. The lowest BCUT2D eigenvalue weighted by atomic mass is 10.5. The molecular formula is C10H16N4O2S. The smallest absolute Gasteiger partial charge is 0.246 e. The van der Waals surface area contributed by atoms with Gasteiger partial charge in [-0.05, 0) is 19.3 Å². The van der Waals surface area contributed by atoms with Gasteiger partial charge >= 0.3 is 0 Å². The van der Waals surface area contributed by atoms with Gasteiger partial charge in [-0.2, -0.15) is 4.31 Å². The number of sulfonamides is 1. The van der Waals surface area contributed by atoms with Gasteiger partial charge in [0.25, 0.3) is 0 Å². The summed E-state index contributed by atoms with van der Waals surface area (Å²) in [6, 6.07) is 0.150. The summed E-state index contributed by atoms with van der Waals surface area (Å²) in [6.45, 7) is 2.50. The van der Waals surface area contributed by atoms with Crippen LogP contribution < -0.4 is 5.73 Å². The van der Waals surface area contributed by atoms with Gasteiger partial charge in [0, 0.05) is 12.6 Å². The predicted octanol–water partition coefficient (Wildman–Crippen LogP) is 0.622. The van der Waals surface area contributed by atoms with E-state index in [1.165, 1.54) is 12.4 Å². The molecule has 7 heteroatoms. The molecule has 0 radical (unpaired) electrons. The highest BCUT2D eigenvalue weighted by Gasteiger charge is 2.37. The van der Waals surface area contributed by atoms with Gasteiger partial charge in [-0.15, -0.1) is 0 Å². The maximum absolute atomic E-state index is 12.3. The van der Waals surface area contributed by atoms with Crippen LogP contribution in [0.15, 0.2) is 17.3 Å². The van der Waals surface area contributed by atoms with E-state index < -0.39 is 10.0 Å². The second kappa shape index (κ2) is 4.58. The molecule has 17 heavy (non-hydrogen) atoms. The highest BCUT2D eigenvalue weighted by atomic mass is 32.2. The average molecular weight is 256 g/mol. The second-order valence-corrected chi connectivity index (χ2v) is 6.01. The lowest BCUT2D eigenvalue weighted by molar-refractivity contribution is 0.403. The summed E-state index contributed by atoms with van der Waals surface area (Å²) in [5.41, 5.74) is 5.35. The van der Waals surface area contributed by atoms with Crippen molar-refractivity contribution in [3.05, 3.63) is 12.4 Å². The molecule has 1 aromatic heterocycles. The van der Waals surface area contributed by atoms with Crippen LogP contribution in [0.4, 0.5) is 5.95 Å². The van der Waals surface area contributed by atoms with Gasteiger partial charge in [-0.1, -0.05) is 6.92 Å². The Kier molecular flexibility index (Phi) is 3.30. The molecule has 0 aliphatic heterocycles. The Morgan fingerprint density at radius 3 is 2.47 bits per heavy atom. The summed E-state index contributed by atoms with van der Waals surface area (Å²) in [7, 11) is -3.46. The molecule has 0 spiro atoms. The molecule has 0 aromatic carbocycles. The van der Waals surface area contributed by atoms with E-state index in [1.807, 2.05) is 6.92 Å². The molecule has 0 unspecified atom stereocenters. The Labute approximate surface area is 101 Å². The standard InChI is InChI=1S/C10H16N4O2S/c1-2-5-14(8-3-4-8)17(15,16)9-6-12-10(11)13-7-9/h6-8H,2-5H2,1H3,(H2,11,12,13). The molecule has 6 nitrogen and oxygen atoms in total. The lowest BCUT2D eigenvalue weighted by Crippen LogP contribution is -2.34. The van der Waals surface area contributed by atoms with Gasteiger partial charge in [0.2, 0.25) is 16.0 Å². The van der Waals surface area contributed by atoms with E-state index in [1.54, 1.807) is 4.31 Å². The van der Waals surface area contributed by atoms with Crippen molar-refractivity contribution in [3.63, 3.8) is 0 Å². The summed E-state index contributed by atoms with van der Waals surface area (Å²) in [5, 5.41) is 0. The van der Waals surface area contributed by atoms with E-state index in [9.17, 15) is 8.42 Å². The number of aromatic nitrogens is 2. The maximum Gasteiger partial charge on any atom is 0.246 e. The first-order valence-corrected chi connectivity index (χ1v) is 7.09. The SMILES string of the molecule is CCCN(C1CC1)S(=O)(=O)c1cnc(N)nc1. The zero-order valence-electron chi connectivity index (χ0n) is 9.70. The number of nitrogen functional groups attached to an aromatic ring is 1. The van der Waals surface area contributed by atoms with Gasteiger partial charge in [-0.3, -0.25) is 0 Å². The average Bonchev–Trinajstić information content (AvgIpc) is 3.10. The number of rotatable bonds is 5. The molecule has 1 aliphatic rings. The van der Waals surface area contributed by atoms with Crippen molar-refractivity contribution >= 4 is 16.0 Å². The number of hydrogen-bond acceptors (Lipinski definition) is 5. The zero-order valence-corrected chi connectivity index (χ0v) is 10.5. The highest BCUT2D eigenvalue weighted by Crippen LogP contribution is 2.31. The van der Waals surface area contributed by atoms with Crippen LogP contribution in [0.2, 0.25) is 0 Å². The molecule has 0 bridgehead atoms. The van der Waals surface area contributed by atoms with Crippen molar-refractivity contribution in [3.8, 4) is 0 Å². The van der Waals surface area contributed by atoms with Crippen LogP contribution in [0.3, 0.4) is 0 Å². The third-order valence-corrected chi connectivity index (χ3v) is 4.56. The molecule has 2 N–H and O–H groups in total. The van der Waals surface area contributed by atoms with E-state index in [4.69, 9.17) is 5.73 Å². The molecule has 1 aliphatic carbocycles. The van der Waals surface area contributed by atoms with Gasteiger partial charge in [0.1, 0.15) is 4.90 Å². The molecule has 0 atom stereocenters. The van der Waals surface area contributed by atoms with E-state index in [0.717, 1.165) is 19.3 Å². The minimum absolute atomic E-state index is 0.0809. The summed E-state index contributed by atoms with van der Waals surface area (Å²) >= 11 is 0. The van der Waals surface area contributed by atoms with Crippen molar-refractivity contribution < 1.29 is 8.42 Å². The number of nitrogens with two attached hydrogens (primary N) is 1. The normalized spacial score (nSPS) is 16.4. The van der Waals surface area contributed by atoms with E-state index in [2.05, 4.69) is 9.97 Å². The first-order valence-electron chi connectivity index (χ1n) is 5.65. The van der Waals surface area contributed by atoms with Crippen LogP contribution in [0.5, 0.6) is 0 Å². The van der Waals surface area contributed by atoms with Gasteiger partial charge in [0.05, 0.1) is 12.4 Å². The highest BCUT2D eigenvalue weighted by molar-refractivity contribution is 7.89. The molecule has 0 saturated heterocycles. The largest absolute Gasteiger partial charge is 0.368 e. The van der Waals surface area contributed by atoms with Gasteiger partial charge in [0.15, 0.2) is 0 Å². The first kappa shape index (κ1) is 12.3. The Morgan fingerprint density at radius 2 is 2.00 bits per heavy atom. The van der Waals surface area contributed by atoms with Crippen molar-refractivity contribution in [1.82, 2.24) is 14.3 Å². The van der Waals surface area contributed by atoms with Gasteiger partial charge < -0.3 is 5.73 Å². The molecule has 1 fully saturated rings. The number of anilines is 1. The molecule has 2 rings (SSSR count). The quantitative estimate of drug-likeness (QED) is 0.834. The minimum Gasteiger partial charge on any atom is -0.368 e. The van der Waals surface area contributed by atoms with Crippen LogP contribution >= 0.6 is 0 Å². The van der Waals surface area contributed by atoms with Gasteiger partial charge in [-0.25, -0.2) is 18.4 Å². The summed E-state index contributed by atoms with van der Waals surface area (Å²) in [6.07, 6.45) is 5.21. The Balaban J connectivity index is 2.30.